The number of para-hydroxylation sites is 4. The normalized spacial score (nSPS) is 15.3. The predicted octanol–water partition coefficient (Wildman–Crippen LogP) is 11.0. The Labute approximate surface area is 296 Å². The van der Waals surface area contributed by atoms with E-state index in [2.05, 4.69) is 186 Å². The third kappa shape index (κ3) is 3.31. The van der Waals surface area contributed by atoms with Gasteiger partial charge in [0.25, 0.3) is 0 Å². The van der Waals surface area contributed by atoms with Gasteiger partial charge in [-0.2, -0.15) is 0 Å². The molecule has 1 aliphatic carbocycles. The summed E-state index contributed by atoms with van der Waals surface area (Å²) in [4.78, 5) is 2.56. The van der Waals surface area contributed by atoms with Crippen LogP contribution < -0.4 is 10.4 Å². The highest BCUT2D eigenvalue weighted by Crippen LogP contribution is 2.56. The Balaban J connectivity index is 1.26. The van der Waals surface area contributed by atoms with Crippen molar-refractivity contribution >= 4 is 73.0 Å². The maximum atomic E-state index is 2.73. The first-order valence-corrected chi connectivity index (χ1v) is 18.0. The Morgan fingerprint density at radius 2 is 1.12 bits per heavy atom. The summed E-state index contributed by atoms with van der Waals surface area (Å²) in [5.41, 5.74) is 18.1. The van der Waals surface area contributed by atoms with E-state index < -0.39 is 0 Å². The molecule has 0 saturated heterocycles. The Kier molecular flexibility index (Phi) is 5.13. The molecule has 0 fully saturated rings. The van der Waals surface area contributed by atoms with Crippen molar-refractivity contribution in [2.24, 2.45) is 0 Å². The molecule has 3 aliphatic rings. The number of aromatic nitrogens is 2. The molecule has 0 N–H and O–H groups in total. The lowest BCUT2D eigenvalue weighted by atomic mass is 9.40. The van der Waals surface area contributed by atoms with Crippen LogP contribution in [-0.4, -0.2) is 15.9 Å². The van der Waals surface area contributed by atoms with Gasteiger partial charge in [-0.3, -0.25) is 0 Å². The van der Waals surface area contributed by atoms with Gasteiger partial charge in [0, 0.05) is 71.9 Å². The fourth-order valence-corrected chi connectivity index (χ4v) is 10.1. The second-order valence-corrected chi connectivity index (χ2v) is 14.9. The smallest absolute Gasteiger partial charge is 0.329 e. The lowest BCUT2D eigenvalue weighted by Crippen LogP contribution is -2.52. The molecule has 0 spiro atoms. The number of benzene rings is 7. The first kappa shape index (κ1) is 27.6. The number of allylic oxidation sites excluding steroid dienone is 1. The molecular weight excluding hydrogens is 617 g/mol. The lowest BCUT2D eigenvalue weighted by Gasteiger charge is -2.42. The zero-order valence-corrected chi connectivity index (χ0v) is 28.4. The fraction of sp³-hybridized carbons (Fsp3) is 0.0638. The van der Waals surface area contributed by atoms with Crippen molar-refractivity contribution in [2.45, 2.75) is 19.3 Å². The van der Waals surface area contributed by atoms with Crippen LogP contribution in [0.2, 0.25) is 0 Å². The van der Waals surface area contributed by atoms with Crippen molar-refractivity contribution in [1.82, 2.24) is 9.05 Å². The van der Waals surface area contributed by atoms with E-state index in [9.17, 15) is 0 Å². The first-order chi connectivity index (χ1) is 25.1. The van der Waals surface area contributed by atoms with Crippen LogP contribution in [0.1, 0.15) is 25.0 Å². The number of fused-ring (bicyclic) bond motifs is 11. The molecule has 4 heteroatoms. The highest BCUT2D eigenvalue weighted by Gasteiger charge is 2.52. The van der Waals surface area contributed by atoms with Crippen LogP contribution in [0, 0.1) is 0 Å². The van der Waals surface area contributed by atoms with Gasteiger partial charge in [0.15, 0.2) is 0 Å². The van der Waals surface area contributed by atoms with Crippen LogP contribution in [0.15, 0.2) is 163 Å². The molecule has 0 bridgehead atoms. The van der Waals surface area contributed by atoms with Crippen LogP contribution in [0.5, 0.6) is 0 Å². The largest absolute Gasteiger partial charge is 0.376 e. The Bertz CT molecular complexity index is 3000. The Morgan fingerprint density at radius 1 is 0.490 bits per heavy atom. The average Bonchev–Trinajstić information content (AvgIpc) is 3.76. The monoisotopic (exact) mass is 649 g/mol. The maximum Gasteiger partial charge on any atom is 0.329 e. The topological polar surface area (TPSA) is 13.1 Å². The molecule has 51 heavy (non-hydrogen) atoms. The molecule has 0 radical (unpaired) electrons. The van der Waals surface area contributed by atoms with Crippen LogP contribution >= 0.6 is 0 Å². The summed E-state index contributed by atoms with van der Waals surface area (Å²) in [6.45, 7) is 4.92. The summed E-state index contributed by atoms with van der Waals surface area (Å²) in [6.07, 6.45) is 0. The maximum absolute atomic E-state index is 2.73. The Hall–Kier alpha value is -6.26. The minimum absolute atomic E-state index is 0.0309. The van der Waals surface area contributed by atoms with Gasteiger partial charge in [0.2, 0.25) is 0 Å². The van der Waals surface area contributed by atoms with Crippen LogP contribution in [0.4, 0.5) is 11.4 Å². The van der Waals surface area contributed by atoms with Crippen molar-refractivity contribution in [2.75, 3.05) is 4.90 Å². The summed E-state index contributed by atoms with van der Waals surface area (Å²) in [5.74, 6) is 0. The molecule has 7 aromatic carbocycles. The van der Waals surface area contributed by atoms with Crippen LogP contribution in [-0.2, 0) is 5.41 Å². The zero-order chi connectivity index (χ0) is 33.6. The quantitative estimate of drug-likeness (QED) is 0.170. The SMILES string of the molecule is CC1(C)C2=C(c3ccccc31)N(c1ccccc1)c1cccc3c1B2n1c2cc4c5ccccc5n(-c5ccccc5)c4cc2c2cccc-3c21. The second kappa shape index (κ2) is 9.50. The van der Waals surface area contributed by atoms with Gasteiger partial charge in [-0.15, -0.1) is 0 Å². The third-order valence-corrected chi connectivity index (χ3v) is 12.1. The molecule has 0 amide bonds. The van der Waals surface area contributed by atoms with E-state index in [-0.39, 0.29) is 12.3 Å². The molecule has 9 aromatic rings. The van der Waals surface area contributed by atoms with Gasteiger partial charge < -0.3 is 13.9 Å². The minimum Gasteiger partial charge on any atom is -0.376 e. The number of hydrogen-bond acceptors (Lipinski definition) is 1. The molecule has 3 nitrogen and oxygen atoms in total. The van der Waals surface area contributed by atoms with Crippen LogP contribution in [0.3, 0.4) is 0 Å². The molecule has 238 valence electrons. The van der Waals surface area contributed by atoms with E-state index in [4.69, 9.17) is 0 Å². The molecule has 0 unspecified atom stereocenters. The van der Waals surface area contributed by atoms with Gasteiger partial charge in [0.1, 0.15) is 0 Å². The van der Waals surface area contributed by atoms with Crippen LogP contribution in [0.25, 0.3) is 66.1 Å². The highest BCUT2D eigenvalue weighted by atomic mass is 15.2. The number of anilines is 2. The van der Waals surface area contributed by atoms with Gasteiger partial charge in [-0.05, 0) is 70.6 Å². The fourth-order valence-electron chi connectivity index (χ4n) is 10.1. The van der Waals surface area contributed by atoms with Gasteiger partial charge in [-0.1, -0.05) is 123 Å². The third-order valence-electron chi connectivity index (χ3n) is 12.1. The van der Waals surface area contributed by atoms with E-state index in [1.165, 1.54) is 99.6 Å². The van der Waals surface area contributed by atoms with Crippen molar-refractivity contribution < 1.29 is 0 Å². The molecule has 12 rings (SSSR count). The summed E-state index contributed by atoms with van der Waals surface area (Å²) in [7, 11) is 0. The standard InChI is InChI=1S/C47H32BN3/c1-47(2)38-24-11-9-20-35(38)45-46(47)48-43-32(21-14-26-40(43)50(45)30-17-7-4-8-18-30)33-22-13-23-34-37-27-41-36(28-42(37)51(48)44(33)34)31-19-10-12-25-39(31)49(41)29-15-5-3-6-16-29/h3-28H,1-2H3. The molecule has 4 heterocycles. The number of hydrogen-bond donors (Lipinski definition) is 0. The molecule has 2 aromatic heterocycles. The van der Waals surface area contributed by atoms with Gasteiger partial charge in [0.05, 0.1) is 11.0 Å². The summed E-state index contributed by atoms with van der Waals surface area (Å²) < 4.78 is 5.17. The number of nitrogens with zero attached hydrogens (tertiary/aromatic N) is 3. The van der Waals surface area contributed by atoms with Gasteiger partial charge in [-0.25, -0.2) is 0 Å². The van der Waals surface area contributed by atoms with Crippen molar-refractivity contribution in [3.8, 4) is 16.8 Å². The molecule has 0 atom stereocenters. The van der Waals surface area contributed by atoms with E-state index in [0.29, 0.717) is 0 Å². The molecule has 2 aliphatic heterocycles. The van der Waals surface area contributed by atoms with Gasteiger partial charge >= 0.3 is 6.85 Å². The first-order valence-electron chi connectivity index (χ1n) is 18.0. The lowest BCUT2D eigenvalue weighted by molar-refractivity contribution is 0.663. The molecular formula is C47H32BN3. The Morgan fingerprint density at radius 3 is 1.96 bits per heavy atom. The van der Waals surface area contributed by atoms with Crippen molar-refractivity contribution in [1.29, 1.82) is 0 Å². The molecule has 0 saturated carbocycles. The summed E-state index contributed by atoms with van der Waals surface area (Å²) >= 11 is 0. The van der Waals surface area contributed by atoms with Crippen molar-refractivity contribution in [3.63, 3.8) is 0 Å². The average molecular weight is 650 g/mol. The highest BCUT2D eigenvalue weighted by molar-refractivity contribution is 6.85. The van der Waals surface area contributed by atoms with E-state index in [1.54, 1.807) is 0 Å². The van der Waals surface area contributed by atoms with E-state index in [1.807, 2.05) is 0 Å². The predicted molar refractivity (Wildman–Crippen MR) is 215 cm³/mol. The van der Waals surface area contributed by atoms with Crippen molar-refractivity contribution in [3.05, 3.63) is 174 Å². The van der Waals surface area contributed by atoms with E-state index >= 15 is 0 Å². The minimum atomic E-state index is -0.197. The second-order valence-electron chi connectivity index (χ2n) is 14.9. The summed E-state index contributed by atoms with van der Waals surface area (Å²) in [6, 6.07) is 58.7. The number of rotatable bonds is 2. The zero-order valence-electron chi connectivity index (χ0n) is 28.4. The summed E-state index contributed by atoms with van der Waals surface area (Å²) in [5, 5.41) is 5.17. The van der Waals surface area contributed by atoms with E-state index in [0.717, 1.165) is 0 Å².